The predicted octanol–water partition coefficient (Wildman–Crippen LogP) is 1.69. The van der Waals surface area contributed by atoms with Crippen LogP contribution in [0.15, 0.2) is 11.6 Å². The largest absolute Gasteiger partial charge is 0.458 e. The van der Waals surface area contributed by atoms with E-state index in [0.29, 0.717) is 44.9 Å². The maximum atomic E-state index is 12.1. The van der Waals surface area contributed by atoms with Gasteiger partial charge < -0.3 is 25.2 Å². The third-order valence-electron chi connectivity index (χ3n) is 10.2. The molecule has 5 aliphatic rings. The number of cyclic esters (lactones) is 1. The van der Waals surface area contributed by atoms with Crippen LogP contribution >= 0.6 is 0 Å². The Labute approximate surface area is 172 Å². The Balaban J connectivity index is 1.53. The summed E-state index contributed by atoms with van der Waals surface area (Å²) < 4.78 is 5.14. The molecule has 4 N–H and O–H groups in total. The standard InChI is InChI=1S/C23H34O6/c1-20-6-3-14(24)11-22(20,27)7-4-16-17(20)10-18(25)21(2)15(5-8-23(16,21)28)13-9-19(26)29-12-13/h9,14-18,24-25,27-28H,3-8,10-12H2,1-2H3/t14-,15+,16-,17+,18+,20+,21-,22-,23-/m0/s1. The first-order valence-electron chi connectivity index (χ1n) is 11.2. The smallest absolute Gasteiger partial charge is 0.331 e. The van der Waals surface area contributed by atoms with Gasteiger partial charge in [-0.05, 0) is 73.7 Å². The van der Waals surface area contributed by atoms with E-state index >= 15 is 0 Å². The molecule has 0 aromatic rings. The lowest BCUT2D eigenvalue weighted by Gasteiger charge is -2.67. The maximum Gasteiger partial charge on any atom is 0.331 e. The minimum Gasteiger partial charge on any atom is -0.458 e. The van der Waals surface area contributed by atoms with E-state index in [1.807, 2.05) is 6.92 Å². The lowest BCUT2D eigenvalue weighted by Crippen LogP contribution is -2.70. The summed E-state index contributed by atoms with van der Waals surface area (Å²) in [4.78, 5) is 11.7. The summed E-state index contributed by atoms with van der Waals surface area (Å²) in [6.45, 7) is 4.35. The average Bonchev–Trinajstić information content (AvgIpc) is 3.19. The number of rotatable bonds is 1. The van der Waals surface area contributed by atoms with Crippen molar-refractivity contribution in [2.45, 2.75) is 88.6 Å². The molecule has 0 spiro atoms. The highest BCUT2D eigenvalue weighted by molar-refractivity contribution is 5.85. The van der Waals surface area contributed by atoms with Gasteiger partial charge in [-0.15, -0.1) is 0 Å². The minimum atomic E-state index is -1.03. The molecular weight excluding hydrogens is 372 g/mol. The van der Waals surface area contributed by atoms with Gasteiger partial charge in [-0.25, -0.2) is 4.79 Å². The summed E-state index contributed by atoms with van der Waals surface area (Å²) in [5, 5.41) is 45.3. The summed E-state index contributed by atoms with van der Waals surface area (Å²) in [7, 11) is 0. The van der Waals surface area contributed by atoms with E-state index in [-0.39, 0.29) is 30.3 Å². The average molecular weight is 407 g/mol. The third kappa shape index (κ3) is 2.35. The van der Waals surface area contributed by atoms with Crippen molar-refractivity contribution in [1.82, 2.24) is 0 Å². The molecule has 0 bridgehead atoms. The molecule has 29 heavy (non-hydrogen) atoms. The molecule has 1 heterocycles. The van der Waals surface area contributed by atoms with Crippen molar-refractivity contribution < 1.29 is 30.0 Å². The van der Waals surface area contributed by atoms with Gasteiger partial charge in [0.15, 0.2) is 0 Å². The number of esters is 1. The molecule has 1 aliphatic heterocycles. The molecule has 9 atom stereocenters. The number of aliphatic hydroxyl groups is 4. The molecule has 5 rings (SSSR count). The molecule has 0 saturated heterocycles. The minimum absolute atomic E-state index is 0.0000378. The Kier molecular flexibility index (Phi) is 4.17. The zero-order valence-corrected chi connectivity index (χ0v) is 17.4. The molecule has 4 aliphatic carbocycles. The summed E-state index contributed by atoms with van der Waals surface area (Å²) in [6, 6.07) is 0. The van der Waals surface area contributed by atoms with Crippen LogP contribution in [0.2, 0.25) is 0 Å². The highest BCUT2D eigenvalue weighted by Crippen LogP contribution is 2.70. The molecule has 6 heteroatoms. The maximum absolute atomic E-state index is 12.1. The quantitative estimate of drug-likeness (QED) is 0.494. The highest BCUT2D eigenvalue weighted by atomic mass is 16.5. The number of aliphatic hydroxyl groups excluding tert-OH is 2. The van der Waals surface area contributed by atoms with Crippen molar-refractivity contribution in [1.29, 1.82) is 0 Å². The molecule has 0 unspecified atom stereocenters. The van der Waals surface area contributed by atoms with Crippen LogP contribution in [0.4, 0.5) is 0 Å². The van der Waals surface area contributed by atoms with Crippen molar-refractivity contribution in [3.63, 3.8) is 0 Å². The van der Waals surface area contributed by atoms with E-state index in [0.717, 1.165) is 12.0 Å². The monoisotopic (exact) mass is 406 g/mol. The lowest BCUT2D eigenvalue weighted by molar-refractivity contribution is -0.277. The summed E-state index contributed by atoms with van der Waals surface area (Å²) >= 11 is 0. The van der Waals surface area contributed by atoms with Gasteiger partial charge in [0.2, 0.25) is 0 Å². The number of ether oxygens (including phenoxy) is 1. The Morgan fingerprint density at radius 2 is 1.79 bits per heavy atom. The van der Waals surface area contributed by atoms with E-state index in [2.05, 4.69) is 6.92 Å². The number of hydrogen-bond acceptors (Lipinski definition) is 6. The van der Waals surface area contributed by atoms with Gasteiger partial charge in [0, 0.05) is 17.9 Å². The first-order chi connectivity index (χ1) is 13.6. The van der Waals surface area contributed by atoms with Gasteiger partial charge in [0.25, 0.3) is 0 Å². The van der Waals surface area contributed by atoms with E-state index in [1.54, 1.807) is 6.08 Å². The van der Waals surface area contributed by atoms with E-state index in [4.69, 9.17) is 4.74 Å². The third-order valence-corrected chi connectivity index (χ3v) is 10.2. The van der Waals surface area contributed by atoms with Crippen LogP contribution in [0.5, 0.6) is 0 Å². The Morgan fingerprint density at radius 1 is 1.03 bits per heavy atom. The molecule has 162 valence electrons. The lowest BCUT2D eigenvalue weighted by atomic mass is 9.41. The van der Waals surface area contributed by atoms with Crippen molar-refractivity contribution in [3.05, 3.63) is 11.6 Å². The molecule has 4 fully saturated rings. The Hall–Kier alpha value is -0.950. The van der Waals surface area contributed by atoms with Crippen molar-refractivity contribution in [3.8, 4) is 0 Å². The fourth-order valence-electron chi connectivity index (χ4n) is 8.36. The van der Waals surface area contributed by atoms with Crippen LogP contribution in [-0.2, 0) is 9.53 Å². The van der Waals surface area contributed by atoms with Crippen molar-refractivity contribution in [2.75, 3.05) is 6.61 Å². The fraction of sp³-hybridized carbons (Fsp3) is 0.870. The van der Waals surface area contributed by atoms with Crippen LogP contribution in [0.3, 0.4) is 0 Å². The van der Waals surface area contributed by atoms with Crippen molar-refractivity contribution >= 4 is 5.97 Å². The van der Waals surface area contributed by atoms with Crippen LogP contribution < -0.4 is 0 Å². The number of carbonyl (C=O) groups excluding carboxylic acids is 1. The summed E-state index contributed by atoms with van der Waals surface area (Å²) in [5.74, 6) is -0.397. The molecule has 0 aromatic heterocycles. The number of carbonyl (C=O) groups is 1. The fourth-order valence-corrected chi connectivity index (χ4v) is 8.36. The molecule has 0 amide bonds. The van der Waals surface area contributed by atoms with Gasteiger partial charge in [-0.1, -0.05) is 13.8 Å². The molecule has 4 saturated carbocycles. The second-order valence-corrected chi connectivity index (χ2v) is 11.0. The van der Waals surface area contributed by atoms with Crippen LogP contribution in [0, 0.1) is 28.6 Å². The van der Waals surface area contributed by atoms with Crippen LogP contribution in [-0.4, -0.2) is 56.4 Å². The first-order valence-corrected chi connectivity index (χ1v) is 11.2. The topological polar surface area (TPSA) is 107 Å². The van der Waals surface area contributed by atoms with Gasteiger partial charge in [-0.2, -0.15) is 0 Å². The molecule has 0 aromatic carbocycles. The van der Waals surface area contributed by atoms with Gasteiger partial charge in [0.1, 0.15) is 6.61 Å². The van der Waals surface area contributed by atoms with E-state index in [1.165, 1.54) is 0 Å². The van der Waals surface area contributed by atoms with Crippen molar-refractivity contribution in [2.24, 2.45) is 28.6 Å². The van der Waals surface area contributed by atoms with Gasteiger partial charge >= 0.3 is 5.97 Å². The Morgan fingerprint density at radius 3 is 2.48 bits per heavy atom. The molecule has 6 nitrogen and oxygen atoms in total. The van der Waals surface area contributed by atoms with E-state index in [9.17, 15) is 25.2 Å². The predicted molar refractivity (Wildman–Crippen MR) is 105 cm³/mol. The second-order valence-electron chi connectivity index (χ2n) is 11.0. The van der Waals surface area contributed by atoms with Crippen LogP contribution in [0.1, 0.15) is 65.2 Å². The Bertz CT molecular complexity index is 764. The van der Waals surface area contributed by atoms with Gasteiger partial charge in [-0.3, -0.25) is 0 Å². The second kappa shape index (κ2) is 6.06. The first kappa shape index (κ1) is 20.0. The van der Waals surface area contributed by atoms with Crippen LogP contribution in [0.25, 0.3) is 0 Å². The van der Waals surface area contributed by atoms with E-state index < -0.39 is 34.2 Å². The SMILES string of the molecule is C[C@]12[C@H](O)C[C@@H]3[C@H](CC[C@]4(O)C[C@@H](O)CC[C@]34C)[C@@]1(O)CC[C@@H]2C1=CC(=O)OC1. The number of fused-ring (bicyclic) bond motifs is 5. The zero-order chi connectivity index (χ0) is 20.8. The van der Waals surface area contributed by atoms with Gasteiger partial charge in [0.05, 0.1) is 23.4 Å². The number of hydrogen-bond donors (Lipinski definition) is 4. The normalized spacial score (nSPS) is 56.8. The summed E-state index contributed by atoms with van der Waals surface area (Å²) in [5.41, 5.74) is -2.23. The molecular formula is C23H34O6. The highest BCUT2D eigenvalue weighted by Gasteiger charge is 2.72. The zero-order valence-electron chi connectivity index (χ0n) is 17.4. The molecule has 0 radical (unpaired) electrons. The summed E-state index contributed by atoms with van der Waals surface area (Å²) in [6.07, 6.45) is 5.23.